The average Bonchev–Trinajstić information content (AvgIpc) is 3.00. The number of hydrogen-bond acceptors (Lipinski definition) is 7. The minimum absolute atomic E-state index is 0.243. The van der Waals surface area contributed by atoms with Crippen molar-refractivity contribution in [2.75, 3.05) is 31.1 Å². The second-order valence-corrected chi connectivity index (χ2v) is 8.15. The topological polar surface area (TPSA) is 74.1 Å². The zero-order chi connectivity index (χ0) is 19.0. The van der Waals surface area contributed by atoms with Crippen molar-refractivity contribution < 1.29 is 8.78 Å². The third-order valence-electron chi connectivity index (χ3n) is 5.23. The van der Waals surface area contributed by atoms with Crippen LogP contribution < -0.4 is 16.4 Å². The fourth-order valence-corrected chi connectivity index (χ4v) is 4.82. The predicted molar refractivity (Wildman–Crippen MR) is 105 cm³/mol. The second-order valence-electron chi connectivity index (χ2n) is 6.99. The Morgan fingerprint density at radius 2 is 1.85 bits per heavy atom. The summed E-state index contributed by atoms with van der Waals surface area (Å²) in [5, 5.41) is 0. The van der Waals surface area contributed by atoms with E-state index in [4.69, 9.17) is 11.5 Å². The van der Waals surface area contributed by atoms with Crippen LogP contribution in [0.25, 0.3) is 0 Å². The van der Waals surface area contributed by atoms with E-state index in [1.807, 2.05) is 0 Å². The number of aliphatic imine (C=N–C) groups is 1. The molecule has 4 N–H and O–H groups in total. The van der Waals surface area contributed by atoms with Crippen LogP contribution in [0.5, 0.6) is 0 Å². The number of nitrogens with two attached hydrogens (primary N) is 2. The second kappa shape index (κ2) is 7.75. The van der Waals surface area contributed by atoms with Crippen molar-refractivity contribution in [2.24, 2.45) is 16.5 Å². The molecule has 2 atom stereocenters. The highest BCUT2D eigenvalue weighted by molar-refractivity contribution is 8.03. The molecule has 3 aliphatic heterocycles. The maximum Gasteiger partial charge on any atom is 0.160 e. The first-order valence-corrected chi connectivity index (χ1v) is 10.1. The zero-order valence-electron chi connectivity index (χ0n) is 15.0. The van der Waals surface area contributed by atoms with Gasteiger partial charge in [0.05, 0.1) is 11.2 Å². The minimum atomic E-state index is -0.910. The normalized spacial score (nSPS) is 26.1. The van der Waals surface area contributed by atoms with Gasteiger partial charge < -0.3 is 26.2 Å². The van der Waals surface area contributed by atoms with Crippen molar-refractivity contribution in [3.63, 3.8) is 0 Å². The van der Waals surface area contributed by atoms with Gasteiger partial charge in [0.2, 0.25) is 0 Å². The molecule has 1 fully saturated rings. The van der Waals surface area contributed by atoms with Gasteiger partial charge in [-0.15, -0.1) is 0 Å². The van der Waals surface area contributed by atoms with Gasteiger partial charge >= 0.3 is 0 Å². The lowest BCUT2D eigenvalue weighted by Crippen LogP contribution is -2.45. The van der Waals surface area contributed by atoms with Crippen molar-refractivity contribution >= 4 is 23.8 Å². The van der Waals surface area contributed by atoms with Crippen molar-refractivity contribution in [2.45, 2.75) is 30.9 Å². The summed E-state index contributed by atoms with van der Waals surface area (Å²) in [6.45, 7) is 4.01. The molecule has 0 spiro atoms. The number of rotatable bonds is 4. The van der Waals surface area contributed by atoms with Crippen LogP contribution in [0.4, 0.5) is 14.5 Å². The average molecular weight is 394 g/mol. The first-order valence-electron chi connectivity index (χ1n) is 9.23. The maximum atomic E-state index is 13.6. The Kier molecular flexibility index (Phi) is 5.36. The number of thioether (sulfide) groups is 1. The molecule has 0 aromatic heterocycles. The molecule has 27 heavy (non-hydrogen) atoms. The molecule has 9 heteroatoms. The van der Waals surface area contributed by atoms with Gasteiger partial charge in [-0.1, -0.05) is 18.2 Å². The Morgan fingerprint density at radius 3 is 2.59 bits per heavy atom. The summed E-state index contributed by atoms with van der Waals surface area (Å²) in [6.07, 6.45) is 4.85. The summed E-state index contributed by atoms with van der Waals surface area (Å²) < 4.78 is 26.8. The van der Waals surface area contributed by atoms with Gasteiger partial charge in [0.25, 0.3) is 0 Å². The van der Waals surface area contributed by atoms with Crippen molar-refractivity contribution in [3.8, 4) is 0 Å². The number of anilines is 1. The molecule has 1 aromatic carbocycles. The highest BCUT2D eigenvalue weighted by atomic mass is 32.2. The molecule has 0 saturated carbocycles. The Balaban J connectivity index is 1.48. The van der Waals surface area contributed by atoms with Crippen LogP contribution in [0.1, 0.15) is 19.3 Å². The molecule has 1 saturated heterocycles. The van der Waals surface area contributed by atoms with Crippen LogP contribution in [0.3, 0.4) is 0 Å². The highest BCUT2D eigenvalue weighted by Gasteiger charge is 2.37. The molecule has 0 aliphatic carbocycles. The summed E-state index contributed by atoms with van der Waals surface area (Å²) >= 11 is 1.47. The quantitative estimate of drug-likeness (QED) is 0.814. The molecule has 146 valence electrons. The van der Waals surface area contributed by atoms with Crippen LogP contribution in [0.15, 0.2) is 33.9 Å². The molecule has 0 radical (unpaired) electrons. The number of benzene rings is 1. The lowest BCUT2D eigenvalue weighted by molar-refractivity contribution is 0.196. The van der Waals surface area contributed by atoms with E-state index in [-0.39, 0.29) is 5.50 Å². The van der Waals surface area contributed by atoms with E-state index >= 15 is 0 Å². The standard InChI is InChI=1S/C18H24F2N6S/c19-13-5-4-12(10-14(13)20)26-11-23-17-15(16(26)21)27-18(22)25(17)9-8-24-6-2-1-3-7-24/h4-5,10-11,16,18H,1-3,6-9,21-22H2. The molecule has 3 heterocycles. The van der Waals surface area contributed by atoms with Crippen LogP contribution in [0, 0.1) is 11.6 Å². The Morgan fingerprint density at radius 1 is 1.07 bits per heavy atom. The smallest absolute Gasteiger partial charge is 0.160 e. The van der Waals surface area contributed by atoms with E-state index in [9.17, 15) is 8.78 Å². The van der Waals surface area contributed by atoms with Crippen molar-refractivity contribution in [1.82, 2.24) is 9.80 Å². The van der Waals surface area contributed by atoms with Crippen LogP contribution >= 0.6 is 11.8 Å². The molecule has 1 aromatic rings. The van der Waals surface area contributed by atoms with Gasteiger partial charge in [-0.2, -0.15) is 0 Å². The fraction of sp³-hybridized carbons (Fsp3) is 0.500. The maximum absolute atomic E-state index is 13.6. The molecule has 2 unspecified atom stereocenters. The largest absolute Gasteiger partial charge is 0.330 e. The molecule has 3 aliphatic rings. The van der Waals surface area contributed by atoms with E-state index in [1.165, 1.54) is 37.1 Å². The van der Waals surface area contributed by atoms with Gasteiger partial charge in [-0.05, 0) is 38.1 Å². The van der Waals surface area contributed by atoms with Gasteiger partial charge in [0.15, 0.2) is 11.6 Å². The van der Waals surface area contributed by atoms with Gasteiger partial charge in [-0.3, -0.25) is 0 Å². The number of halogens is 2. The highest BCUT2D eigenvalue weighted by Crippen LogP contribution is 2.41. The first-order chi connectivity index (χ1) is 13.0. The van der Waals surface area contributed by atoms with Crippen LogP contribution in [0.2, 0.25) is 0 Å². The summed E-state index contributed by atoms with van der Waals surface area (Å²) in [4.78, 5) is 11.6. The van der Waals surface area contributed by atoms with Gasteiger partial charge in [-0.25, -0.2) is 13.8 Å². The third-order valence-corrected chi connectivity index (χ3v) is 6.40. The molecule has 0 bridgehead atoms. The summed E-state index contributed by atoms with van der Waals surface area (Å²) in [7, 11) is 0. The number of likely N-dealkylation sites (tertiary alicyclic amines) is 1. The Hall–Kier alpha value is -1.68. The molecule has 6 nitrogen and oxygen atoms in total. The van der Waals surface area contributed by atoms with Crippen LogP contribution in [-0.2, 0) is 0 Å². The monoisotopic (exact) mass is 394 g/mol. The summed E-state index contributed by atoms with van der Waals surface area (Å²) in [5.41, 5.74) is 12.9. The minimum Gasteiger partial charge on any atom is -0.330 e. The van der Waals surface area contributed by atoms with E-state index < -0.39 is 17.8 Å². The SMILES string of the molecule is NC1SC2=C(N=CN(c3ccc(F)c(F)c3)C2N)N1CCN1CCCCC1. The van der Waals surface area contributed by atoms with E-state index in [2.05, 4.69) is 14.8 Å². The summed E-state index contributed by atoms with van der Waals surface area (Å²) in [5.74, 6) is -1.01. The van der Waals surface area contributed by atoms with Crippen molar-refractivity contribution in [3.05, 3.63) is 40.6 Å². The zero-order valence-corrected chi connectivity index (χ0v) is 15.8. The lowest BCUT2D eigenvalue weighted by Gasteiger charge is -2.32. The van der Waals surface area contributed by atoms with Crippen molar-refractivity contribution in [1.29, 1.82) is 0 Å². The lowest BCUT2D eigenvalue weighted by atomic mass is 10.1. The fourth-order valence-electron chi connectivity index (χ4n) is 3.70. The van der Waals surface area contributed by atoms with Gasteiger partial charge in [0.1, 0.15) is 17.5 Å². The third kappa shape index (κ3) is 3.69. The number of nitrogens with zero attached hydrogens (tertiary/aromatic N) is 4. The van der Waals surface area contributed by atoms with E-state index in [0.29, 0.717) is 5.69 Å². The van der Waals surface area contributed by atoms with Gasteiger partial charge in [0, 0.05) is 24.8 Å². The Bertz CT molecular complexity index is 764. The first kappa shape index (κ1) is 18.7. The Labute approximate surface area is 161 Å². The van der Waals surface area contributed by atoms with E-state index in [0.717, 1.165) is 49.0 Å². The summed E-state index contributed by atoms with van der Waals surface area (Å²) in [6, 6.07) is 3.71. The molecular weight excluding hydrogens is 370 g/mol. The molecule has 0 amide bonds. The number of piperidine rings is 1. The van der Waals surface area contributed by atoms with Crippen LogP contribution in [-0.4, -0.2) is 54.0 Å². The molecular formula is C18H24F2N6S. The predicted octanol–water partition coefficient (Wildman–Crippen LogP) is 2.04. The number of hydrogen-bond donors (Lipinski definition) is 2. The molecule has 4 rings (SSSR count). The van der Waals surface area contributed by atoms with E-state index in [1.54, 1.807) is 11.2 Å².